The lowest BCUT2D eigenvalue weighted by Crippen LogP contribution is -2.35. The molecule has 0 aromatic carbocycles. The molecule has 0 amide bonds. The average molecular weight is 396 g/mol. The van der Waals surface area contributed by atoms with Crippen molar-refractivity contribution in [1.82, 2.24) is 24.1 Å². The highest BCUT2D eigenvalue weighted by Crippen LogP contribution is 2.27. The van der Waals surface area contributed by atoms with E-state index in [1.165, 1.54) is 15.6 Å². The van der Waals surface area contributed by atoms with E-state index in [0.717, 1.165) is 28.8 Å². The van der Waals surface area contributed by atoms with Gasteiger partial charge in [0, 0.05) is 26.2 Å². The van der Waals surface area contributed by atoms with Crippen LogP contribution in [0.5, 0.6) is 0 Å². The summed E-state index contributed by atoms with van der Waals surface area (Å²) in [4.78, 5) is 7.59. The molecule has 0 atom stereocenters. The molecule has 4 rings (SSSR count). The van der Waals surface area contributed by atoms with Crippen LogP contribution in [0.1, 0.15) is 23.6 Å². The van der Waals surface area contributed by atoms with E-state index in [4.69, 9.17) is 4.52 Å². The number of rotatable bonds is 3. The zero-order valence-electron chi connectivity index (χ0n) is 14.8. The van der Waals surface area contributed by atoms with Gasteiger partial charge in [-0.2, -0.15) is 4.31 Å². The molecule has 0 N–H and O–H groups in total. The van der Waals surface area contributed by atoms with Crippen molar-refractivity contribution in [3.8, 4) is 0 Å². The van der Waals surface area contributed by atoms with E-state index in [1.54, 1.807) is 18.4 Å². The van der Waals surface area contributed by atoms with E-state index in [0.29, 0.717) is 31.1 Å². The Bertz CT molecular complexity index is 1000. The lowest BCUT2D eigenvalue weighted by molar-refractivity contribution is 0.389. The number of aromatic nitrogens is 4. The van der Waals surface area contributed by atoms with Gasteiger partial charge in [-0.3, -0.25) is 0 Å². The number of nitrogens with zero attached hydrogens (tertiary/aromatic N) is 6. The zero-order valence-corrected chi connectivity index (χ0v) is 16.5. The summed E-state index contributed by atoms with van der Waals surface area (Å²) in [7, 11) is -3.61. The van der Waals surface area contributed by atoms with Crippen LogP contribution >= 0.6 is 11.3 Å². The van der Waals surface area contributed by atoms with Gasteiger partial charge < -0.3 is 9.42 Å². The smallest absolute Gasteiger partial charge is 0.248 e. The number of imidazole rings is 1. The van der Waals surface area contributed by atoms with E-state index in [9.17, 15) is 8.42 Å². The predicted molar refractivity (Wildman–Crippen MR) is 97.2 cm³/mol. The Hall–Kier alpha value is -1.98. The fourth-order valence-electron chi connectivity index (χ4n) is 3.22. The van der Waals surface area contributed by atoms with E-state index in [-0.39, 0.29) is 4.90 Å². The van der Waals surface area contributed by atoms with Crippen molar-refractivity contribution in [3.05, 3.63) is 23.3 Å². The van der Waals surface area contributed by atoms with Crippen LogP contribution in [-0.4, -0.2) is 58.7 Å². The second kappa shape index (κ2) is 6.32. The van der Waals surface area contributed by atoms with Gasteiger partial charge in [0.2, 0.25) is 20.1 Å². The highest BCUT2D eigenvalue weighted by atomic mass is 32.2. The molecule has 1 saturated heterocycles. The van der Waals surface area contributed by atoms with Crippen LogP contribution in [0.25, 0.3) is 4.96 Å². The molecule has 4 heterocycles. The summed E-state index contributed by atoms with van der Waals surface area (Å²) in [6.45, 7) is 7.41. The van der Waals surface area contributed by atoms with Crippen LogP contribution in [0.4, 0.5) is 5.13 Å². The van der Waals surface area contributed by atoms with Crippen molar-refractivity contribution < 1.29 is 12.9 Å². The van der Waals surface area contributed by atoms with Crippen molar-refractivity contribution in [2.75, 3.05) is 31.1 Å². The summed E-state index contributed by atoms with van der Waals surface area (Å²) in [5, 5.41) is 9.21. The fraction of sp³-hybridized carbons (Fsp3) is 0.533. The van der Waals surface area contributed by atoms with Crippen LogP contribution in [0.3, 0.4) is 0 Å². The van der Waals surface area contributed by atoms with Gasteiger partial charge in [0.25, 0.3) is 0 Å². The first-order valence-corrected chi connectivity index (χ1v) is 10.6. The summed E-state index contributed by atoms with van der Waals surface area (Å²) in [6, 6.07) is 0. The summed E-state index contributed by atoms with van der Waals surface area (Å²) in [5.41, 5.74) is 1.34. The second-order valence-corrected chi connectivity index (χ2v) is 9.20. The summed E-state index contributed by atoms with van der Waals surface area (Å²) in [5.74, 6) is 0.333. The van der Waals surface area contributed by atoms with Gasteiger partial charge in [0.1, 0.15) is 10.6 Å². The topological polar surface area (TPSA) is 96.8 Å². The molecular formula is C15H20N6O3S2. The van der Waals surface area contributed by atoms with Gasteiger partial charge in [-0.1, -0.05) is 16.5 Å². The number of hydrogen-bond acceptors (Lipinski definition) is 8. The molecule has 0 spiro atoms. The minimum atomic E-state index is -3.61. The van der Waals surface area contributed by atoms with E-state index in [1.807, 2.05) is 13.1 Å². The third-order valence-corrected chi connectivity index (χ3v) is 7.57. The first-order valence-electron chi connectivity index (χ1n) is 8.37. The first-order chi connectivity index (χ1) is 12.4. The fourth-order valence-corrected chi connectivity index (χ4v) is 5.97. The third kappa shape index (κ3) is 2.89. The van der Waals surface area contributed by atoms with Crippen LogP contribution in [0.15, 0.2) is 15.6 Å². The van der Waals surface area contributed by atoms with Gasteiger partial charge in [-0.05, 0) is 27.2 Å². The molecule has 0 aliphatic carbocycles. The van der Waals surface area contributed by atoms with E-state index >= 15 is 0 Å². The Morgan fingerprint density at radius 3 is 2.65 bits per heavy atom. The van der Waals surface area contributed by atoms with Crippen LogP contribution in [0, 0.1) is 20.8 Å². The van der Waals surface area contributed by atoms with Crippen LogP contribution in [0.2, 0.25) is 0 Å². The lowest BCUT2D eigenvalue weighted by Gasteiger charge is -2.21. The number of sulfonamides is 1. The SMILES string of the molecule is Cc1cn2nc(N3CCCN(S(=O)(=O)c4c(C)noc4C)CC3)sc2n1. The first kappa shape index (κ1) is 17.4. The Morgan fingerprint density at radius 1 is 1.15 bits per heavy atom. The van der Waals surface area contributed by atoms with Gasteiger partial charge >= 0.3 is 0 Å². The van der Waals surface area contributed by atoms with E-state index in [2.05, 4.69) is 20.1 Å². The van der Waals surface area contributed by atoms with Crippen molar-refractivity contribution in [1.29, 1.82) is 0 Å². The molecule has 3 aromatic rings. The maximum atomic E-state index is 13.0. The van der Waals surface area contributed by atoms with Gasteiger partial charge in [0.05, 0.1) is 11.9 Å². The van der Waals surface area contributed by atoms with Crippen LogP contribution in [-0.2, 0) is 10.0 Å². The number of fused-ring (bicyclic) bond motifs is 1. The maximum absolute atomic E-state index is 13.0. The molecule has 0 unspecified atom stereocenters. The monoisotopic (exact) mass is 396 g/mol. The summed E-state index contributed by atoms with van der Waals surface area (Å²) >= 11 is 1.52. The average Bonchev–Trinajstić information content (AvgIpc) is 3.13. The molecule has 26 heavy (non-hydrogen) atoms. The quantitative estimate of drug-likeness (QED) is 0.663. The summed E-state index contributed by atoms with van der Waals surface area (Å²) in [6.07, 6.45) is 2.62. The largest absolute Gasteiger partial charge is 0.360 e. The molecule has 9 nitrogen and oxygen atoms in total. The van der Waals surface area contributed by atoms with Crippen molar-refractivity contribution in [2.24, 2.45) is 0 Å². The summed E-state index contributed by atoms with van der Waals surface area (Å²) < 4.78 is 34.3. The minimum absolute atomic E-state index is 0.189. The molecule has 3 aromatic heterocycles. The normalized spacial score (nSPS) is 17.1. The third-order valence-electron chi connectivity index (χ3n) is 4.44. The Balaban J connectivity index is 1.55. The molecule has 1 aliphatic heterocycles. The minimum Gasteiger partial charge on any atom is -0.360 e. The van der Waals surface area contributed by atoms with Crippen molar-refractivity contribution in [2.45, 2.75) is 32.1 Å². The Kier molecular flexibility index (Phi) is 4.24. The lowest BCUT2D eigenvalue weighted by atomic mass is 10.4. The molecule has 0 saturated carbocycles. The highest BCUT2D eigenvalue weighted by molar-refractivity contribution is 7.89. The second-order valence-electron chi connectivity index (χ2n) is 6.39. The molecule has 1 fully saturated rings. The Morgan fingerprint density at radius 2 is 1.96 bits per heavy atom. The van der Waals surface area contributed by atoms with Gasteiger partial charge in [-0.15, -0.1) is 5.10 Å². The zero-order chi connectivity index (χ0) is 18.5. The standard InChI is InChI=1S/C15H20N6O3S2/c1-10-9-21-14(16-10)25-15(17-21)19-5-4-6-20(8-7-19)26(22,23)13-11(2)18-24-12(13)3/h9H,4-8H2,1-3H3. The molecule has 0 bridgehead atoms. The number of anilines is 1. The maximum Gasteiger partial charge on any atom is 0.248 e. The Labute approximate surface area is 155 Å². The number of hydrogen-bond donors (Lipinski definition) is 0. The van der Waals surface area contributed by atoms with E-state index < -0.39 is 10.0 Å². The van der Waals surface area contributed by atoms with Gasteiger partial charge in [0.15, 0.2) is 5.76 Å². The van der Waals surface area contributed by atoms with Crippen LogP contribution < -0.4 is 4.90 Å². The molecule has 1 aliphatic rings. The number of aryl methyl sites for hydroxylation is 3. The molecule has 11 heteroatoms. The van der Waals surface area contributed by atoms with Crippen molar-refractivity contribution in [3.63, 3.8) is 0 Å². The molecule has 0 radical (unpaired) electrons. The predicted octanol–water partition coefficient (Wildman–Crippen LogP) is 1.61. The highest BCUT2D eigenvalue weighted by Gasteiger charge is 2.32. The molecule has 140 valence electrons. The van der Waals surface area contributed by atoms with Crippen molar-refractivity contribution >= 4 is 31.5 Å². The molecular weight excluding hydrogens is 376 g/mol. The van der Waals surface area contributed by atoms with Gasteiger partial charge in [-0.25, -0.2) is 17.9 Å².